The molecule has 4 amide bonds. The number of benzene rings is 2. The summed E-state index contributed by atoms with van der Waals surface area (Å²) in [6.07, 6.45) is -1.54. The van der Waals surface area contributed by atoms with Crippen LogP contribution in [0.2, 0.25) is 0 Å². The highest BCUT2D eigenvalue weighted by Gasteiger charge is 2.30. The van der Waals surface area contributed by atoms with E-state index >= 15 is 0 Å². The maximum absolute atomic E-state index is 13.5. The Bertz CT molecular complexity index is 1300. The highest BCUT2D eigenvalue weighted by atomic mass is 32.1. The van der Waals surface area contributed by atoms with Crippen molar-refractivity contribution in [1.82, 2.24) is 26.3 Å². The highest BCUT2D eigenvalue weighted by Crippen LogP contribution is 2.19. The quantitative estimate of drug-likeness (QED) is 0.150. The minimum absolute atomic E-state index is 0.0947. The summed E-state index contributed by atoms with van der Waals surface area (Å²) in [7, 11) is 0. The number of aromatic nitrogens is 1. The number of aliphatic hydroxyl groups is 1. The largest absolute Gasteiger partial charge is 0.465 e. The number of carbonyl (C=O) groups excluding carboxylic acids is 2. The first-order chi connectivity index (χ1) is 20.5. The lowest BCUT2D eigenvalue weighted by molar-refractivity contribution is -0.124. The van der Waals surface area contributed by atoms with E-state index in [1.165, 1.54) is 0 Å². The van der Waals surface area contributed by atoms with Crippen LogP contribution in [0.4, 0.5) is 9.59 Å². The van der Waals surface area contributed by atoms with Crippen molar-refractivity contribution in [2.45, 2.75) is 83.6 Å². The van der Waals surface area contributed by atoms with Crippen molar-refractivity contribution in [2.24, 2.45) is 5.92 Å². The van der Waals surface area contributed by atoms with Gasteiger partial charge in [-0.3, -0.25) is 4.79 Å². The van der Waals surface area contributed by atoms with Gasteiger partial charge in [-0.05, 0) is 36.3 Å². The molecule has 0 saturated carbocycles. The van der Waals surface area contributed by atoms with Gasteiger partial charge in [0.05, 0.1) is 29.4 Å². The molecule has 11 heteroatoms. The molecule has 0 aliphatic rings. The summed E-state index contributed by atoms with van der Waals surface area (Å²) in [5.74, 6) is -0.309. The topological polar surface area (TPSA) is 153 Å². The minimum atomic E-state index is -1.24. The molecule has 0 aliphatic heterocycles. The molecule has 43 heavy (non-hydrogen) atoms. The van der Waals surface area contributed by atoms with Crippen molar-refractivity contribution in [3.8, 4) is 0 Å². The fraction of sp³-hybridized carbons (Fsp3) is 0.438. The second-order valence-corrected chi connectivity index (χ2v) is 12.2. The Labute approximate surface area is 257 Å². The van der Waals surface area contributed by atoms with Crippen LogP contribution in [-0.2, 0) is 24.2 Å². The van der Waals surface area contributed by atoms with Gasteiger partial charge in [0.15, 0.2) is 0 Å². The molecule has 0 saturated heterocycles. The molecule has 4 unspecified atom stereocenters. The van der Waals surface area contributed by atoms with Crippen molar-refractivity contribution in [3.63, 3.8) is 0 Å². The van der Waals surface area contributed by atoms with Gasteiger partial charge in [0.1, 0.15) is 6.04 Å². The molecule has 0 bridgehead atoms. The monoisotopic (exact) mass is 609 g/mol. The zero-order valence-electron chi connectivity index (χ0n) is 25.1. The molecule has 2 aromatic carbocycles. The summed E-state index contributed by atoms with van der Waals surface area (Å²) >= 11 is 1.55. The van der Waals surface area contributed by atoms with Crippen LogP contribution >= 0.6 is 11.3 Å². The predicted octanol–water partition coefficient (Wildman–Crippen LogP) is 4.45. The number of amides is 4. The number of urea groups is 1. The van der Waals surface area contributed by atoms with Gasteiger partial charge in [-0.25, -0.2) is 14.6 Å². The summed E-state index contributed by atoms with van der Waals surface area (Å²) < 4.78 is 0. The van der Waals surface area contributed by atoms with Gasteiger partial charge in [-0.15, -0.1) is 11.3 Å². The third-order valence-corrected chi connectivity index (χ3v) is 8.19. The molecule has 0 radical (unpaired) electrons. The first kappa shape index (κ1) is 33.5. The third kappa shape index (κ3) is 11.3. The van der Waals surface area contributed by atoms with Gasteiger partial charge < -0.3 is 31.5 Å². The molecule has 1 heterocycles. The standard InChI is InChI=1S/C32H43N5O5S/c1-20(2)28(37-31(40)33-18-25-19-43-30(35-25)21(3)4)29(39)34-24(15-22-11-7-5-8-12-22)17-27(38)26(36-32(41)42)16-23-13-9-6-10-14-23/h5-14,19-21,24,26-28,36,38H,15-18H2,1-4H3,(H,34,39)(H,41,42)(H2,33,37,40). The summed E-state index contributed by atoms with van der Waals surface area (Å²) in [6.45, 7) is 8.04. The van der Waals surface area contributed by atoms with Crippen LogP contribution in [0.5, 0.6) is 0 Å². The summed E-state index contributed by atoms with van der Waals surface area (Å²) in [5, 5.41) is 34.6. The average Bonchev–Trinajstić information content (AvgIpc) is 3.45. The first-order valence-corrected chi connectivity index (χ1v) is 15.4. The fourth-order valence-electron chi connectivity index (χ4n) is 4.72. The van der Waals surface area contributed by atoms with Gasteiger partial charge in [-0.1, -0.05) is 88.4 Å². The van der Waals surface area contributed by atoms with E-state index in [1.54, 1.807) is 11.3 Å². The van der Waals surface area contributed by atoms with Crippen molar-refractivity contribution >= 4 is 29.4 Å². The van der Waals surface area contributed by atoms with Crippen LogP contribution in [0.3, 0.4) is 0 Å². The molecule has 3 aromatic rings. The second-order valence-electron chi connectivity index (χ2n) is 11.3. The van der Waals surface area contributed by atoms with Crippen LogP contribution < -0.4 is 21.3 Å². The number of hydrogen-bond acceptors (Lipinski definition) is 6. The molecule has 0 aliphatic carbocycles. The van der Waals surface area contributed by atoms with Crippen molar-refractivity contribution < 1.29 is 24.6 Å². The van der Waals surface area contributed by atoms with Crippen LogP contribution in [0, 0.1) is 5.92 Å². The molecule has 6 N–H and O–H groups in total. The lowest BCUT2D eigenvalue weighted by atomic mass is 9.93. The van der Waals surface area contributed by atoms with Gasteiger partial charge in [0.2, 0.25) is 5.91 Å². The lowest BCUT2D eigenvalue weighted by Crippen LogP contribution is -2.55. The smallest absolute Gasteiger partial charge is 0.404 e. The van der Waals surface area contributed by atoms with Gasteiger partial charge in [0.25, 0.3) is 0 Å². The Balaban J connectivity index is 1.70. The van der Waals surface area contributed by atoms with E-state index in [9.17, 15) is 24.6 Å². The zero-order valence-corrected chi connectivity index (χ0v) is 25.9. The number of aliphatic hydroxyl groups excluding tert-OH is 1. The highest BCUT2D eigenvalue weighted by molar-refractivity contribution is 7.09. The molecule has 1 aromatic heterocycles. The minimum Gasteiger partial charge on any atom is -0.465 e. The van der Waals surface area contributed by atoms with Gasteiger partial charge in [-0.2, -0.15) is 0 Å². The van der Waals surface area contributed by atoms with Crippen LogP contribution in [0.1, 0.15) is 61.9 Å². The SMILES string of the molecule is CC(C)c1nc(CNC(=O)NC(C(=O)NC(Cc2ccccc2)CC(O)C(Cc2ccccc2)NC(=O)O)C(C)C)cs1. The molecule has 0 spiro atoms. The van der Waals surface area contributed by atoms with E-state index < -0.39 is 36.4 Å². The Hall–Kier alpha value is -3.96. The summed E-state index contributed by atoms with van der Waals surface area (Å²) in [5.41, 5.74) is 2.57. The van der Waals surface area contributed by atoms with Crippen LogP contribution in [0.15, 0.2) is 66.0 Å². The molecule has 3 rings (SSSR count). The average molecular weight is 610 g/mol. The lowest BCUT2D eigenvalue weighted by Gasteiger charge is -2.30. The van der Waals surface area contributed by atoms with E-state index in [-0.39, 0.29) is 31.2 Å². The maximum Gasteiger partial charge on any atom is 0.404 e. The predicted molar refractivity (Wildman–Crippen MR) is 168 cm³/mol. The van der Waals surface area contributed by atoms with Gasteiger partial charge in [0, 0.05) is 17.3 Å². The number of carboxylic acid groups (broad SMARTS) is 1. The number of carbonyl (C=O) groups is 3. The molecular weight excluding hydrogens is 566 g/mol. The summed E-state index contributed by atoms with van der Waals surface area (Å²) in [6, 6.07) is 16.2. The number of nitrogens with zero attached hydrogens (tertiary/aromatic N) is 1. The second kappa shape index (κ2) is 16.6. The number of nitrogens with one attached hydrogen (secondary N) is 4. The Morgan fingerprint density at radius 3 is 2.00 bits per heavy atom. The van der Waals surface area contributed by atoms with Crippen molar-refractivity contribution in [2.75, 3.05) is 0 Å². The Kier molecular flexibility index (Phi) is 13.0. The molecule has 232 valence electrons. The first-order valence-electron chi connectivity index (χ1n) is 14.6. The molecular formula is C32H43N5O5S. The Morgan fingerprint density at radius 1 is 0.860 bits per heavy atom. The van der Waals surface area contributed by atoms with Gasteiger partial charge >= 0.3 is 12.1 Å². The van der Waals surface area contributed by atoms with Crippen LogP contribution in [0.25, 0.3) is 0 Å². The number of thiazole rings is 1. The zero-order chi connectivity index (χ0) is 31.4. The van der Waals surface area contributed by atoms with E-state index in [1.807, 2.05) is 79.9 Å². The molecule has 10 nitrogen and oxygen atoms in total. The van der Waals surface area contributed by atoms with E-state index in [4.69, 9.17) is 0 Å². The van der Waals surface area contributed by atoms with Crippen molar-refractivity contribution in [3.05, 3.63) is 87.9 Å². The van der Waals surface area contributed by atoms with E-state index in [2.05, 4.69) is 40.1 Å². The van der Waals surface area contributed by atoms with Crippen molar-refractivity contribution in [1.29, 1.82) is 0 Å². The van der Waals surface area contributed by atoms with E-state index in [0.717, 1.165) is 21.8 Å². The third-order valence-electron chi connectivity index (χ3n) is 7.00. The van der Waals surface area contributed by atoms with Crippen LogP contribution in [-0.4, -0.2) is 57.5 Å². The number of rotatable bonds is 15. The maximum atomic E-state index is 13.5. The summed E-state index contributed by atoms with van der Waals surface area (Å²) in [4.78, 5) is 42.4. The fourth-order valence-corrected chi connectivity index (χ4v) is 5.55. The number of hydrogen-bond donors (Lipinski definition) is 6. The normalized spacial score (nSPS) is 14.0. The Morgan fingerprint density at radius 2 is 1.47 bits per heavy atom. The van der Waals surface area contributed by atoms with E-state index in [0.29, 0.717) is 12.3 Å². The molecule has 0 fully saturated rings. The molecule has 4 atom stereocenters.